The van der Waals surface area contributed by atoms with Gasteiger partial charge in [0, 0.05) is 0 Å². The van der Waals surface area contributed by atoms with Crippen LogP contribution in [-0.2, 0) is 0 Å². The van der Waals surface area contributed by atoms with Crippen LogP contribution in [0.1, 0.15) is 6.42 Å². The molecule has 0 radical (unpaired) electrons. The molecule has 0 aromatic heterocycles. The lowest BCUT2D eigenvalue weighted by Gasteiger charge is -2.49. The Morgan fingerprint density at radius 3 is 1.90 bits per heavy atom. The summed E-state index contributed by atoms with van der Waals surface area (Å²) in [4.78, 5) is 0. The van der Waals surface area contributed by atoms with Crippen molar-refractivity contribution in [3.63, 3.8) is 0 Å². The average molecular weight is 324 g/mol. The molecule has 20 heavy (non-hydrogen) atoms. The summed E-state index contributed by atoms with van der Waals surface area (Å²) in [5, 5.41) is 3.64. The number of allylic oxidation sites excluding steroid dienone is 4. The summed E-state index contributed by atoms with van der Waals surface area (Å²) in [5.41, 5.74) is 0.818. The van der Waals surface area contributed by atoms with Gasteiger partial charge in [-0.2, -0.15) is 0 Å². The van der Waals surface area contributed by atoms with Crippen molar-refractivity contribution in [1.82, 2.24) is 4.57 Å². The van der Waals surface area contributed by atoms with Gasteiger partial charge in [-0.15, -0.1) is 0 Å². The molecule has 1 aliphatic heterocycles. The fourth-order valence-corrected chi connectivity index (χ4v) is 13.2. The van der Waals surface area contributed by atoms with E-state index in [4.69, 9.17) is 0 Å². The first kappa shape index (κ1) is 16.5. The second-order valence-electron chi connectivity index (χ2n) is 9.09. The van der Waals surface area contributed by atoms with Crippen molar-refractivity contribution in [1.29, 1.82) is 0 Å². The van der Waals surface area contributed by atoms with Crippen molar-refractivity contribution < 1.29 is 0 Å². The van der Waals surface area contributed by atoms with Crippen LogP contribution in [0.25, 0.3) is 0 Å². The smallest absolute Gasteiger partial charge is 0.156 e. The molecular weight excluding hydrogens is 290 g/mol. The van der Waals surface area contributed by atoms with E-state index in [2.05, 4.69) is 70.1 Å². The summed E-state index contributed by atoms with van der Waals surface area (Å²) < 4.78 is 2.65. The standard InChI is InChI=1S/C16H33NSi3/c1-17(2)20(10-9-11-20)16-13-14(18(3,4)5)12-15(16)19(6,7)8/h12-13,15H,9-11H2,1-8H3. The van der Waals surface area contributed by atoms with Crippen LogP contribution in [0.15, 0.2) is 22.5 Å². The monoisotopic (exact) mass is 323 g/mol. The van der Waals surface area contributed by atoms with Gasteiger partial charge in [-0.3, -0.25) is 0 Å². The van der Waals surface area contributed by atoms with Gasteiger partial charge in [0.05, 0.1) is 16.1 Å². The van der Waals surface area contributed by atoms with E-state index < -0.39 is 24.4 Å². The van der Waals surface area contributed by atoms with Gasteiger partial charge in [-0.1, -0.05) is 68.2 Å². The van der Waals surface area contributed by atoms with Gasteiger partial charge in [0.1, 0.15) is 0 Å². The van der Waals surface area contributed by atoms with Crippen LogP contribution >= 0.6 is 0 Å². The molecule has 0 bridgehead atoms. The van der Waals surface area contributed by atoms with Crippen molar-refractivity contribution in [2.24, 2.45) is 0 Å². The highest BCUT2D eigenvalue weighted by atomic mass is 28.3. The Morgan fingerprint density at radius 1 is 1.05 bits per heavy atom. The fraction of sp³-hybridized carbons (Fsp3) is 0.750. The molecule has 0 spiro atoms. The Hall–Kier alpha value is 0.0906. The molecular formula is C16H33NSi3. The van der Waals surface area contributed by atoms with E-state index in [1.807, 2.05) is 5.20 Å². The lowest BCUT2D eigenvalue weighted by atomic mass is 10.4. The van der Waals surface area contributed by atoms with Crippen molar-refractivity contribution >= 4 is 24.4 Å². The third kappa shape index (κ3) is 2.72. The minimum absolute atomic E-state index is 0.818. The maximum absolute atomic E-state index is 2.71. The first-order valence-electron chi connectivity index (χ1n) is 8.10. The molecule has 1 nitrogen and oxygen atoms in total. The summed E-state index contributed by atoms with van der Waals surface area (Å²) in [6.45, 7) is 15.2. The molecule has 0 aromatic carbocycles. The van der Waals surface area contributed by atoms with Crippen molar-refractivity contribution in [3.05, 3.63) is 22.5 Å². The van der Waals surface area contributed by atoms with Crippen molar-refractivity contribution in [2.75, 3.05) is 14.1 Å². The molecule has 1 heterocycles. The van der Waals surface area contributed by atoms with Crippen LogP contribution in [0.2, 0.25) is 56.9 Å². The van der Waals surface area contributed by atoms with Crippen LogP contribution in [0.4, 0.5) is 0 Å². The van der Waals surface area contributed by atoms with E-state index in [9.17, 15) is 0 Å². The van der Waals surface area contributed by atoms with Gasteiger partial charge in [-0.25, -0.2) is 0 Å². The molecule has 0 amide bonds. The van der Waals surface area contributed by atoms with Gasteiger partial charge in [0.25, 0.3) is 0 Å². The lowest BCUT2D eigenvalue weighted by Crippen LogP contribution is -2.58. The molecule has 1 aliphatic carbocycles. The highest BCUT2D eigenvalue weighted by Gasteiger charge is 2.51. The largest absolute Gasteiger partial charge is 0.326 e. The summed E-state index contributed by atoms with van der Waals surface area (Å²) in [7, 11) is 1.07. The Labute approximate surface area is 129 Å². The fourth-order valence-electron chi connectivity index (χ4n) is 3.69. The Kier molecular flexibility index (Phi) is 4.18. The lowest BCUT2D eigenvalue weighted by molar-refractivity contribution is 0.573. The summed E-state index contributed by atoms with van der Waals surface area (Å²) in [6.07, 6.45) is 6.87. The third-order valence-electron chi connectivity index (χ3n) is 5.37. The molecule has 0 aromatic rings. The van der Waals surface area contributed by atoms with Gasteiger partial charge in [0.15, 0.2) is 8.24 Å². The van der Waals surface area contributed by atoms with E-state index >= 15 is 0 Å². The number of hydrogen-bond acceptors (Lipinski definition) is 1. The van der Waals surface area contributed by atoms with Gasteiger partial charge in [0.2, 0.25) is 0 Å². The zero-order chi connectivity index (χ0) is 15.3. The second kappa shape index (κ2) is 5.07. The van der Waals surface area contributed by atoms with E-state index in [1.165, 1.54) is 18.5 Å². The molecule has 114 valence electrons. The van der Waals surface area contributed by atoms with E-state index in [0.717, 1.165) is 5.54 Å². The zero-order valence-corrected chi connectivity index (χ0v) is 17.8. The van der Waals surface area contributed by atoms with Crippen molar-refractivity contribution in [2.45, 2.75) is 63.3 Å². The molecule has 1 saturated heterocycles. The van der Waals surface area contributed by atoms with Gasteiger partial charge < -0.3 is 4.57 Å². The number of hydrogen-bond donors (Lipinski definition) is 0. The molecule has 2 aliphatic rings. The van der Waals surface area contributed by atoms with Crippen LogP contribution in [0, 0.1) is 0 Å². The highest BCUT2D eigenvalue weighted by Crippen LogP contribution is 2.51. The van der Waals surface area contributed by atoms with E-state index in [-0.39, 0.29) is 0 Å². The number of nitrogens with zero attached hydrogens (tertiary/aromatic N) is 1. The minimum Gasteiger partial charge on any atom is -0.326 e. The van der Waals surface area contributed by atoms with E-state index in [1.54, 1.807) is 5.20 Å². The summed E-state index contributed by atoms with van der Waals surface area (Å²) in [6, 6.07) is 3.00. The molecule has 1 atom stereocenters. The van der Waals surface area contributed by atoms with E-state index in [0.29, 0.717) is 0 Å². The molecule has 4 heteroatoms. The second-order valence-corrected chi connectivity index (χ2v) is 24.1. The zero-order valence-electron chi connectivity index (χ0n) is 14.8. The average Bonchev–Trinajstić information content (AvgIpc) is 2.58. The Balaban J connectivity index is 2.45. The van der Waals surface area contributed by atoms with Crippen molar-refractivity contribution in [3.8, 4) is 0 Å². The molecule has 0 N–H and O–H groups in total. The predicted octanol–water partition coefficient (Wildman–Crippen LogP) is 4.89. The van der Waals surface area contributed by atoms with Crippen LogP contribution in [0.3, 0.4) is 0 Å². The molecule has 1 fully saturated rings. The minimum atomic E-state index is -1.28. The highest BCUT2D eigenvalue weighted by molar-refractivity contribution is 6.92. The predicted molar refractivity (Wildman–Crippen MR) is 100 cm³/mol. The summed E-state index contributed by atoms with van der Waals surface area (Å²) >= 11 is 0. The van der Waals surface area contributed by atoms with Gasteiger partial charge in [-0.05, 0) is 31.7 Å². The van der Waals surface area contributed by atoms with Crippen LogP contribution < -0.4 is 0 Å². The Bertz CT molecular complexity index is 445. The molecule has 1 unspecified atom stereocenters. The third-order valence-corrected chi connectivity index (χ3v) is 15.6. The summed E-state index contributed by atoms with van der Waals surface area (Å²) in [5.74, 6) is 0. The maximum atomic E-state index is 2.71. The maximum Gasteiger partial charge on any atom is 0.156 e. The SMILES string of the molecule is CN(C)[Si]1(C2=CC([Si](C)(C)C)=CC2[Si](C)(C)C)CCC1. The van der Waals surface area contributed by atoms with Crippen LogP contribution in [-0.4, -0.2) is 43.0 Å². The quantitative estimate of drug-likeness (QED) is 0.666. The molecule has 2 rings (SSSR count). The topological polar surface area (TPSA) is 3.24 Å². The molecule has 0 saturated carbocycles. The normalized spacial score (nSPS) is 26.4. The van der Waals surface area contributed by atoms with Gasteiger partial charge >= 0.3 is 0 Å². The first-order chi connectivity index (χ1) is 8.98. The Morgan fingerprint density at radius 2 is 1.60 bits per heavy atom. The van der Waals surface area contributed by atoms with Crippen LogP contribution in [0.5, 0.6) is 0 Å². The number of rotatable bonds is 4. The first-order valence-corrected chi connectivity index (χ1v) is 17.5.